The van der Waals surface area contributed by atoms with Crippen molar-refractivity contribution in [1.29, 1.82) is 0 Å². The average Bonchev–Trinajstić information content (AvgIpc) is 2.69. The Balaban J connectivity index is 2.54. The summed E-state index contributed by atoms with van der Waals surface area (Å²) in [6.45, 7) is 0.244. The number of nitrogens with two attached hydrogens (primary N) is 1. The number of thiophene rings is 1. The summed E-state index contributed by atoms with van der Waals surface area (Å²) in [5.74, 6) is 0.515. The van der Waals surface area contributed by atoms with Crippen LogP contribution in [0.4, 0.5) is 0 Å². The van der Waals surface area contributed by atoms with Crippen LogP contribution >= 0.6 is 11.3 Å². The van der Waals surface area contributed by atoms with Crippen molar-refractivity contribution in [3.8, 4) is 10.6 Å². The number of hydrogen-bond donors (Lipinski definition) is 2. The van der Waals surface area contributed by atoms with Crippen LogP contribution in [0.5, 0.6) is 0 Å². The molecule has 0 spiro atoms. The summed E-state index contributed by atoms with van der Waals surface area (Å²) in [5.41, 5.74) is 5.93. The highest BCUT2D eigenvalue weighted by atomic mass is 32.1. The van der Waals surface area contributed by atoms with Gasteiger partial charge in [0.25, 0.3) is 5.56 Å². The molecule has 0 atom stereocenters. The lowest BCUT2D eigenvalue weighted by atomic mass is 10.3. The molecule has 0 bridgehead atoms. The Morgan fingerprint density at radius 2 is 2.43 bits per heavy atom. The van der Waals surface area contributed by atoms with Gasteiger partial charge in [0.1, 0.15) is 5.82 Å². The second-order valence-electron chi connectivity index (χ2n) is 2.76. The van der Waals surface area contributed by atoms with Crippen molar-refractivity contribution >= 4 is 11.3 Å². The summed E-state index contributed by atoms with van der Waals surface area (Å²) in [7, 11) is 0. The fraction of sp³-hybridized carbons (Fsp3) is 0.111. The monoisotopic (exact) mass is 207 g/mol. The van der Waals surface area contributed by atoms with E-state index in [4.69, 9.17) is 5.73 Å². The molecule has 0 saturated heterocycles. The summed E-state index contributed by atoms with van der Waals surface area (Å²) in [6, 6.07) is 5.32. The molecule has 4 nitrogen and oxygen atoms in total. The minimum Gasteiger partial charge on any atom is -0.324 e. The van der Waals surface area contributed by atoms with Gasteiger partial charge in [0, 0.05) is 6.07 Å². The Morgan fingerprint density at radius 3 is 3.07 bits per heavy atom. The van der Waals surface area contributed by atoms with Gasteiger partial charge in [0.15, 0.2) is 0 Å². The third-order valence-corrected chi connectivity index (χ3v) is 2.65. The van der Waals surface area contributed by atoms with Crippen LogP contribution < -0.4 is 11.3 Å². The number of aromatic nitrogens is 2. The van der Waals surface area contributed by atoms with E-state index in [1.165, 1.54) is 6.07 Å². The number of aromatic amines is 1. The number of H-pyrrole nitrogens is 1. The van der Waals surface area contributed by atoms with Crippen molar-refractivity contribution in [2.45, 2.75) is 6.54 Å². The third kappa shape index (κ3) is 1.73. The van der Waals surface area contributed by atoms with Crippen LogP contribution in [0, 0.1) is 0 Å². The quantitative estimate of drug-likeness (QED) is 0.770. The van der Waals surface area contributed by atoms with Crippen LogP contribution in [0.3, 0.4) is 0 Å². The maximum absolute atomic E-state index is 11.2. The first-order chi connectivity index (χ1) is 6.79. The topological polar surface area (TPSA) is 71.8 Å². The second-order valence-corrected chi connectivity index (χ2v) is 3.71. The normalized spacial score (nSPS) is 10.4. The first-order valence-electron chi connectivity index (χ1n) is 4.14. The minimum absolute atomic E-state index is 0.163. The van der Waals surface area contributed by atoms with E-state index in [-0.39, 0.29) is 12.1 Å². The van der Waals surface area contributed by atoms with Gasteiger partial charge in [-0.3, -0.25) is 4.79 Å². The molecule has 0 aliphatic rings. The molecule has 5 heteroatoms. The Labute approximate surface area is 84.4 Å². The molecule has 2 heterocycles. The summed E-state index contributed by atoms with van der Waals surface area (Å²) < 4.78 is 0. The zero-order valence-electron chi connectivity index (χ0n) is 7.36. The molecule has 2 rings (SSSR count). The lowest BCUT2D eigenvalue weighted by molar-refractivity contribution is 0.897. The van der Waals surface area contributed by atoms with Crippen LogP contribution in [-0.4, -0.2) is 9.97 Å². The van der Waals surface area contributed by atoms with Crippen molar-refractivity contribution in [2.75, 3.05) is 0 Å². The molecule has 0 saturated carbocycles. The SMILES string of the molecule is NCc1nc(-c2cccs2)cc(=O)[nH]1. The highest BCUT2D eigenvalue weighted by molar-refractivity contribution is 7.13. The van der Waals surface area contributed by atoms with Gasteiger partial charge in [-0.05, 0) is 11.4 Å². The number of hydrogen-bond acceptors (Lipinski definition) is 4. The van der Waals surface area contributed by atoms with E-state index in [1.807, 2.05) is 17.5 Å². The standard InChI is InChI=1S/C9H9N3OS/c10-5-8-11-6(4-9(13)12-8)7-2-1-3-14-7/h1-4H,5,10H2,(H,11,12,13). The summed E-state index contributed by atoms with van der Waals surface area (Å²) in [4.78, 5) is 19.0. The van der Waals surface area contributed by atoms with Crippen molar-refractivity contribution in [3.63, 3.8) is 0 Å². The zero-order chi connectivity index (χ0) is 9.97. The van der Waals surface area contributed by atoms with Crippen LogP contribution in [0.15, 0.2) is 28.4 Å². The zero-order valence-corrected chi connectivity index (χ0v) is 8.17. The Morgan fingerprint density at radius 1 is 1.57 bits per heavy atom. The second kappa shape index (κ2) is 3.73. The molecule has 0 radical (unpaired) electrons. The Kier molecular flexibility index (Phi) is 2.43. The smallest absolute Gasteiger partial charge is 0.251 e. The van der Waals surface area contributed by atoms with Crippen LogP contribution in [-0.2, 0) is 6.54 Å². The molecule has 0 aliphatic heterocycles. The molecule has 14 heavy (non-hydrogen) atoms. The molecule has 3 N–H and O–H groups in total. The van der Waals surface area contributed by atoms with Gasteiger partial charge in [0.05, 0.1) is 17.1 Å². The molecule has 72 valence electrons. The molecule has 2 aromatic heterocycles. The van der Waals surface area contributed by atoms with Crippen LogP contribution in [0.25, 0.3) is 10.6 Å². The number of nitrogens with zero attached hydrogens (tertiary/aromatic N) is 1. The van der Waals surface area contributed by atoms with Gasteiger partial charge < -0.3 is 10.7 Å². The maximum Gasteiger partial charge on any atom is 0.251 e. The lowest BCUT2D eigenvalue weighted by Crippen LogP contribution is -2.13. The fourth-order valence-electron chi connectivity index (χ4n) is 1.16. The van der Waals surface area contributed by atoms with E-state index >= 15 is 0 Å². The van der Waals surface area contributed by atoms with E-state index in [0.717, 1.165) is 4.88 Å². The highest BCUT2D eigenvalue weighted by Crippen LogP contribution is 2.20. The molecule has 0 unspecified atom stereocenters. The van der Waals surface area contributed by atoms with Crippen molar-refractivity contribution in [3.05, 3.63) is 39.8 Å². The number of nitrogens with one attached hydrogen (secondary N) is 1. The van der Waals surface area contributed by atoms with Gasteiger partial charge >= 0.3 is 0 Å². The molecular formula is C9H9N3OS. The van der Waals surface area contributed by atoms with E-state index < -0.39 is 0 Å². The third-order valence-electron chi connectivity index (χ3n) is 1.76. The summed E-state index contributed by atoms with van der Waals surface area (Å²) in [6.07, 6.45) is 0. The number of rotatable bonds is 2. The van der Waals surface area contributed by atoms with E-state index in [9.17, 15) is 4.79 Å². The van der Waals surface area contributed by atoms with Crippen LogP contribution in [0.1, 0.15) is 5.82 Å². The van der Waals surface area contributed by atoms with Gasteiger partial charge in [-0.2, -0.15) is 0 Å². The van der Waals surface area contributed by atoms with Gasteiger partial charge in [-0.25, -0.2) is 4.98 Å². The van der Waals surface area contributed by atoms with E-state index in [1.54, 1.807) is 11.3 Å². The molecule has 0 aliphatic carbocycles. The summed E-state index contributed by atoms with van der Waals surface area (Å²) in [5, 5.41) is 1.94. The van der Waals surface area contributed by atoms with Crippen molar-refractivity contribution in [2.24, 2.45) is 5.73 Å². The highest BCUT2D eigenvalue weighted by Gasteiger charge is 2.03. The molecule has 2 aromatic rings. The molecule has 0 aromatic carbocycles. The molecule has 0 amide bonds. The fourth-order valence-corrected chi connectivity index (χ4v) is 1.84. The van der Waals surface area contributed by atoms with E-state index in [0.29, 0.717) is 11.5 Å². The predicted octanol–water partition coefficient (Wildman–Crippen LogP) is 0.957. The summed E-state index contributed by atoms with van der Waals surface area (Å²) >= 11 is 1.55. The van der Waals surface area contributed by atoms with Crippen molar-refractivity contribution in [1.82, 2.24) is 9.97 Å². The first kappa shape index (κ1) is 9.11. The first-order valence-corrected chi connectivity index (χ1v) is 5.02. The average molecular weight is 207 g/mol. The van der Waals surface area contributed by atoms with Crippen LogP contribution in [0.2, 0.25) is 0 Å². The van der Waals surface area contributed by atoms with Gasteiger partial charge in [-0.15, -0.1) is 11.3 Å². The maximum atomic E-state index is 11.2. The Hall–Kier alpha value is -1.46. The van der Waals surface area contributed by atoms with E-state index in [2.05, 4.69) is 9.97 Å². The minimum atomic E-state index is -0.163. The predicted molar refractivity (Wildman–Crippen MR) is 56.1 cm³/mol. The van der Waals surface area contributed by atoms with Gasteiger partial charge in [-0.1, -0.05) is 6.07 Å². The van der Waals surface area contributed by atoms with Gasteiger partial charge in [0.2, 0.25) is 0 Å². The Bertz CT molecular complexity index is 475. The molecule has 0 fully saturated rings. The lowest BCUT2D eigenvalue weighted by Gasteiger charge is -1.99. The van der Waals surface area contributed by atoms with Crippen molar-refractivity contribution < 1.29 is 0 Å². The molecular weight excluding hydrogens is 198 g/mol. The largest absolute Gasteiger partial charge is 0.324 e.